The average Bonchev–Trinajstić information content (AvgIpc) is 2.78. The van der Waals surface area contributed by atoms with Crippen LogP contribution in [0.15, 0.2) is 58.8 Å². The van der Waals surface area contributed by atoms with Crippen molar-refractivity contribution >= 4 is 40.0 Å². The molecule has 0 spiro atoms. The van der Waals surface area contributed by atoms with Crippen LogP contribution < -0.4 is 15.4 Å². The number of aliphatic imine (C=N–C) groups is 1. The smallest absolute Gasteiger partial charge is 0.242 e. The first-order chi connectivity index (χ1) is 14.6. The number of hydrogen-bond donors (Lipinski definition) is 3. The Labute approximate surface area is 201 Å². The van der Waals surface area contributed by atoms with Crippen molar-refractivity contribution in [2.75, 3.05) is 33.2 Å². The molecular weight excluding hydrogens is 529 g/mol. The Morgan fingerprint density at radius 1 is 1.16 bits per heavy atom. The van der Waals surface area contributed by atoms with Gasteiger partial charge < -0.3 is 10.6 Å². The molecule has 2 aromatic rings. The van der Waals surface area contributed by atoms with Gasteiger partial charge in [0.25, 0.3) is 0 Å². The van der Waals surface area contributed by atoms with Gasteiger partial charge in [-0.05, 0) is 37.1 Å². The molecule has 0 atom stereocenters. The van der Waals surface area contributed by atoms with E-state index >= 15 is 0 Å². The van der Waals surface area contributed by atoms with Crippen molar-refractivity contribution in [3.8, 4) is 0 Å². The first kappa shape index (κ1) is 25.4. The molecule has 9 nitrogen and oxygen atoms in total. The van der Waals surface area contributed by atoms with Gasteiger partial charge in [0, 0.05) is 64.4 Å². The molecule has 170 valence electrons. The van der Waals surface area contributed by atoms with Crippen molar-refractivity contribution in [2.45, 2.75) is 30.3 Å². The van der Waals surface area contributed by atoms with Crippen molar-refractivity contribution in [1.29, 1.82) is 0 Å². The summed E-state index contributed by atoms with van der Waals surface area (Å²) in [5.74, 6) is 0.679. The Morgan fingerprint density at radius 2 is 1.97 bits per heavy atom. The number of nitrogens with zero attached hydrogens (tertiary/aromatic N) is 4. The van der Waals surface area contributed by atoms with Gasteiger partial charge in [-0.3, -0.25) is 19.9 Å². The van der Waals surface area contributed by atoms with Crippen LogP contribution in [0.3, 0.4) is 0 Å². The highest BCUT2D eigenvalue weighted by Crippen LogP contribution is 2.12. The van der Waals surface area contributed by atoms with Gasteiger partial charge in [0.1, 0.15) is 4.90 Å². The van der Waals surface area contributed by atoms with E-state index in [-0.39, 0.29) is 35.4 Å². The first-order valence-corrected chi connectivity index (χ1v) is 11.5. The number of sulfonamides is 1. The molecule has 0 unspecified atom stereocenters. The van der Waals surface area contributed by atoms with Gasteiger partial charge in [-0.25, -0.2) is 13.1 Å². The molecular formula is C20H30IN7O2S. The molecule has 3 N–H and O–H groups in total. The largest absolute Gasteiger partial charge is 0.355 e. The second-order valence-electron chi connectivity index (χ2n) is 7.10. The number of piperidine rings is 1. The van der Waals surface area contributed by atoms with Crippen LogP contribution in [-0.4, -0.2) is 68.5 Å². The molecule has 0 aliphatic carbocycles. The predicted molar refractivity (Wildman–Crippen MR) is 132 cm³/mol. The minimum atomic E-state index is -3.55. The molecule has 0 aromatic carbocycles. The minimum absolute atomic E-state index is 0. The monoisotopic (exact) mass is 559 g/mol. The lowest BCUT2D eigenvalue weighted by Gasteiger charge is -2.32. The van der Waals surface area contributed by atoms with E-state index in [0.29, 0.717) is 18.5 Å². The molecule has 0 bridgehead atoms. The van der Waals surface area contributed by atoms with Crippen molar-refractivity contribution < 1.29 is 8.42 Å². The third-order valence-electron chi connectivity index (χ3n) is 4.92. The summed E-state index contributed by atoms with van der Waals surface area (Å²) in [6.45, 7) is 3.54. The third kappa shape index (κ3) is 8.31. The maximum atomic E-state index is 12.2. The molecule has 1 saturated heterocycles. The third-order valence-corrected chi connectivity index (χ3v) is 6.36. The van der Waals surface area contributed by atoms with Crippen molar-refractivity contribution in [3.05, 3.63) is 54.6 Å². The number of guanidine groups is 1. The number of pyridine rings is 2. The van der Waals surface area contributed by atoms with Crippen LogP contribution >= 0.6 is 24.0 Å². The summed E-state index contributed by atoms with van der Waals surface area (Å²) >= 11 is 0. The Kier molecular flexibility index (Phi) is 10.6. The molecule has 1 aliphatic heterocycles. The second-order valence-corrected chi connectivity index (χ2v) is 8.87. The number of rotatable bonds is 8. The summed E-state index contributed by atoms with van der Waals surface area (Å²) in [7, 11) is -1.83. The highest BCUT2D eigenvalue weighted by molar-refractivity contribution is 14.0. The molecule has 3 heterocycles. The number of halogens is 1. The molecule has 0 saturated carbocycles. The summed E-state index contributed by atoms with van der Waals surface area (Å²) < 4.78 is 26.9. The zero-order valence-electron chi connectivity index (χ0n) is 17.6. The highest BCUT2D eigenvalue weighted by Gasteiger charge is 2.20. The van der Waals surface area contributed by atoms with E-state index in [9.17, 15) is 8.42 Å². The number of hydrogen-bond acceptors (Lipinski definition) is 6. The fraction of sp³-hybridized carbons (Fsp3) is 0.450. The Balaban J connectivity index is 0.00000341. The molecule has 1 fully saturated rings. The number of nitrogens with one attached hydrogen (secondary N) is 3. The first-order valence-electron chi connectivity index (χ1n) is 10.1. The minimum Gasteiger partial charge on any atom is -0.355 e. The zero-order chi connectivity index (χ0) is 21.2. The van der Waals surface area contributed by atoms with E-state index in [1.807, 2.05) is 18.3 Å². The number of likely N-dealkylation sites (tertiary alicyclic amines) is 1. The van der Waals surface area contributed by atoms with Gasteiger partial charge in [-0.1, -0.05) is 6.07 Å². The van der Waals surface area contributed by atoms with E-state index in [2.05, 4.69) is 41.3 Å². The van der Waals surface area contributed by atoms with Crippen LogP contribution in [0.2, 0.25) is 0 Å². The Bertz CT molecular complexity index is 906. The van der Waals surface area contributed by atoms with Crippen molar-refractivity contribution in [2.24, 2.45) is 4.99 Å². The fourth-order valence-corrected chi connectivity index (χ4v) is 4.29. The summed E-state index contributed by atoms with van der Waals surface area (Å²) in [6.07, 6.45) is 6.73. The van der Waals surface area contributed by atoms with Gasteiger partial charge >= 0.3 is 0 Å². The SMILES string of the molecule is CN=C(NCCNS(=O)(=O)c1cccnc1)NC1CCN(Cc2ccccn2)CC1.I. The van der Waals surface area contributed by atoms with Gasteiger partial charge in [-0.2, -0.15) is 0 Å². The van der Waals surface area contributed by atoms with Crippen molar-refractivity contribution in [3.63, 3.8) is 0 Å². The maximum absolute atomic E-state index is 12.2. The Hall–Kier alpha value is -1.83. The zero-order valence-corrected chi connectivity index (χ0v) is 20.7. The van der Waals surface area contributed by atoms with E-state index in [0.717, 1.165) is 38.2 Å². The van der Waals surface area contributed by atoms with Crippen LogP contribution in [-0.2, 0) is 16.6 Å². The lowest BCUT2D eigenvalue weighted by Crippen LogP contribution is -2.49. The van der Waals surface area contributed by atoms with E-state index < -0.39 is 10.0 Å². The van der Waals surface area contributed by atoms with E-state index in [1.165, 1.54) is 12.3 Å². The summed E-state index contributed by atoms with van der Waals surface area (Å²) in [5, 5.41) is 6.59. The molecule has 3 rings (SSSR count). The summed E-state index contributed by atoms with van der Waals surface area (Å²) in [4.78, 5) is 15.0. The second kappa shape index (κ2) is 12.9. The van der Waals surface area contributed by atoms with Gasteiger partial charge in [0.05, 0.1) is 5.69 Å². The highest BCUT2D eigenvalue weighted by atomic mass is 127. The standard InChI is InChI=1S/C20H29N7O2S.HI/c1-21-20(24-11-12-25-30(28,29)19-6-4-9-22-15-19)26-17-7-13-27(14-8-17)16-18-5-2-3-10-23-18;/h2-6,9-10,15,17,25H,7-8,11-14,16H2,1H3,(H2,21,24,26);1H. The van der Waals surface area contributed by atoms with Crippen LogP contribution in [0.1, 0.15) is 18.5 Å². The lowest BCUT2D eigenvalue weighted by molar-refractivity contribution is 0.196. The number of aromatic nitrogens is 2. The topological polar surface area (TPSA) is 112 Å². The lowest BCUT2D eigenvalue weighted by atomic mass is 10.1. The van der Waals surface area contributed by atoms with Crippen molar-refractivity contribution in [1.82, 2.24) is 30.2 Å². The van der Waals surface area contributed by atoms with E-state index in [4.69, 9.17) is 0 Å². The van der Waals surface area contributed by atoms with Crippen LogP contribution in [0.25, 0.3) is 0 Å². The van der Waals surface area contributed by atoms with Crippen LogP contribution in [0.4, 0.5) is 0 Å². The van der Waals surface area contributed by atoms with Crippen LogP contribution in [0, 0.1) is 0 Å². The van der Waals surface area contributed by atoms with Crippen LogP contribution in [0.5, 0.6) is 0 Å². The fourth-order valence-electron chi connectivity index (χ4n) is 3.30. The molecule has 1 aliphatic rings. The molecule has 0 amide bonds. The average molecular weight is 559 g/mol. The predicted octanol–water partition coefficient (Wildman–Crippen LogP) is 1.20. The molecule has 11 heteroatoms. The molecule has 0 radical (unpaired) electrons. The van der Waals surface area contributed by atoms with Gasteiger partial charge in [0.2, 0.25) is 10.0 Å². The van der Waals surface area contributed by atoms with Gasteiger partial charge in [-0.15, -0.1) is 24.0 Å². The normalized spacial score (nSPS) is 15.8. The van der Waals surface area contributed by atoms with Gasteiger partial charge in [0.15, 0.2) is 5.96 Å². The maximum Gasteiger partial charge on any atom is 0.242 e. The quantitative estimate of drug-likeness (QED) is 0.193. The Morgan fingerprint density at radius 3 is 2.61 bits per heavy atom. The van der Waals surface area contributed by atoms with E-state index in [1.54, 1.807) is 19.3 Å². The summed E-state index contributed by atoms with van der Waals surface area (Å²) in [5.41, 5.74) is 1.09. The molecule has 31 heavy (non-hydrogen) atoms. The molecule has 2 aromatic heterocycles. The summed E-state index contributed by atoms with van der Waals surface area (Å²) in [6, 6.07) is 9.45.